The van der Waals surface area contributed by atoms with E-state index < -0.39 is 0 Å². The van der Waals surface area contributed by atoms with Gasteiger partial charge in [0.2, 0.25) is 0 Å². The number of oxime groups is 1. The van der Waals surface area contributed by atoms with Crippen LogP contribution in [-0.2, 0) is 0 Å². The third-order valence-corrected chi connectivity index (χ3v) is 2.96. The van der Waals surface area contributed by atoms with Crippen LogP contribution in [0.25, 0.3) is 0 Å². The summed E-state index contributed by atoms with van der Waals surface area (Å²) in [6, 6.07) is 9.99. The van der Waals surface area contributed by atoms with Crippen LogP contribution in [0.15, 0.2) is 48.1 Å². The molecule has 0 aliphatic rings. The van der Waals surface area contributed by atoms with Crippen LogP contribution >= 0.6 is 15.9 Å². The van der Waals surface area contributed by atoms with Crippen molar-refractivity contribution in [3.8, 4) is 0 Å². The fourth-order valence-corrected chi connectivity index (χ4v) is 1.96. The highest BCUT2D eigenvalue weighted by atomic mass is 79.9. The molecule has 0 saturated carbocycles. The van der Waals surface area contributed by atoms with Gasteiger partial charge in [-0.15, -0.1) is 6.58 Å². The maximum absolute atomic E-state index is 8.78. The lowest BCUT2D eigenvalue weighted by Crippen LogP contribution is -2.06. The van der Waals surface area contributed by atoms with Crippen LogP contribution in [0.1, 0.15) is 24.3 Å². The Bertz CT molecular complexity index is 335. The lowest BCUT2D eigenvalue weighted by atomic mass is 9.95. The van der Waals surface area contributed by atoms with Crippen molar-refractivity contribution < 1.29 is 5.21 Å². The van der Waals surface area contributed by atoms with Gasteiger partial charge in [-0.05, 0) is 34.3 Å². The van der Waals surface area contributed by atoms with Gasteiger partial charge in [-0.25, -0.2) is 0 Å². The van der Waals surface area contributed by atoms with Crippen molar-refractivity contribution in [2.75, 3.05) is 0 Å². The summed E-state index contributed by atoms with van der Waals surface area (Å²) in [4.78, 5) is 0. The Morgan fingerprint density at radius 1 is 1.47 bits per heavy atom. The molecule has 0 aliphatic carbocycles. The summed E-state index contributed by atoms with van der Waals surface area (Å²) >= 11 is 3.28. The first-order valence-electron chi connectivity index (χ1n) is 4.83. The number of allylic oxidation sites excluding steroid dienone is 1. The fraction of sp³-hybridized carbons (Fsp3) is 0.250. The first-order chi connectivity index (χ1) is 7.29. The summed E-state index contributed by atoms with van der Waals surface area (Å²) in [7, 11) is 0. The summed E-state index contributed by atoms with van der Waals surface area (Å²) in [5.41, 5.74) is 1.14. The first kappa shape index (κ1) is 12.0. The second-order valence-electron chi connectivity index (χ2n) is 3.25. The molecule has 1 rings (SSSR count). The molecule has 2 nitrogen and oxygen atoms in total. The van der Waals surface area contributed by atoms with Gasteiger partial charge in [0.05, 0.1) is 0 Å². The molecule has 1 atom stereocenters. The lowest BCUT2D eigenvalue weighted by Gasteiger charge is -2.13. The number of hydrogen-bond acceptors (Lipinski definition) is 2. The average Bonchev–Trinajstić information content (AvgIpc) is 2.30. The van der Waals surface area contributed by atoms with Crippen molar-refractivity contribution >= 4 is 20.6 Å². The summed E-state index contributed by atoms with van der Waals surface area (Å²) in [5.74, 6) is 0.106. The highest BCUT2D eigenvalue weighted by Gasteiger charge is 2.15. The van der Waals surface area contributed by atoms with E-state index in [1.54, 1.807) is 0 Å². The van der Waals surface area contributed by atoms with Crippen LogP contribution < -0.4 is 0 Å². The Labute approximate surface area is 98.4 Å². The molecule has 0 aromatic heterocycles. The Hall–Kier alpha value is -1.09. The summed E-state index contributed by atoms with van der Waals surface area (Å²) in [6.07, 6.45) is 3.65. The molecule has 3 heteroatoms. The highest BCUT2D eigenvalue weighted by Crippen LogP contribution is 2.25. The molecule has 0 fully saturated rings. The van der Waals surface area contributed by atoms with Gasteiger partial charge < -0.3 is 5.21 Å². The van der Waals surface area contributed by atoms with E-state index in [0.717, 1.165) is 18.4 Å². The minimum Gasteiger partial charge on any atom is -0.410 e. The van der Waals surface area contributed by atoms with Gasteiger partial charge in [-0.1, -0.05) is 41.6 Å². The minimum absolute atomic E-state index is 0.106. The molecule has 15 heavy (non-hydrogen) atoms. The normalized spacial score (nSPS) is 13.5. The van der Waals surface area contributed by atoms with Crippen molar-refractivity contribution in [3.63, 3.8) is 0 Å². The molecule has 0 saturated heterocycles. The summed E-state index contributed by atoms with van der Waals surface area (Å²) in [6.45, 7) is 3.69. The van der Waals surface area contributed by atoms with Gasteiger partial charge >= 0.3 is 0 Å². The zero-order valence-corrected chi connectivity index (χ0v) is 10.0. The fourth-order valence-electron chi connectivity index (χ4n) is 1.46. The number of benzene rings is 1. The Morgan fingerprint density at radius 2 is 2.13 bits per heavy atom. The van der Waals surface area contributed by atoms with Crippen molar-refractivity contribution in [1.29, 1.82) is 0 Å². The Morgan fingerprint density at radius 3 is 2.67 bits per heavy atom. The second-order valence-corrected chi connectivity index (χ2v) is 4.06. The van der Waals surface area contributed by atoms with Crippen LogP contribution in [0.2, 0.25) is 0 Å². The lowest BCUT2D eigenvalue weighted by molar-refractivity contribution is 0.318. The minimum atomic E-state index is 0.106. The van der Waals surface area contributed by atoms with Crippen LogP contribution in [-0.4, -0.2) is 9.83 Å². The molecule has 0 heterocycles. The van der Waals surface area contributed by atoms with E-state index in [0.29, 0.717) is 4.62 Å². The third-order valence-electron chi connectivity index (χ3n) is 2.24. The van der Waals surface area contributed by atoms with E-state index in [1.807, 2.05) is 36.4 Å². The van der Waals surface area contributed by atoms with E-state index in [1.165, 1.54) is 0 Å². The van der Waals surface area contributed by atoms with Crippen molar-refractivity contribution in [1.82, 2.24) is 0 Å². The van der Waals surface area contributed by atoms with Crippen LogP contribution in [0, 0.1) is 0 Å². The van der Waals surface area contributed by atoms with E-state index in [4.69, 9.17) is 5.21 Å². The monoisotopic (exact) mass is 267 g/mol. The van der Waals surface area contributed by atoms with Gasteiger partial charge in [-0.2, -0.15) is 0 Å². The van der Waals surface area contributed by atoms with Gasteiger partial charge in [0, 0.05) is 5.92 Å². The Balaban J connectivity index is 2.86. The molecule has 1 unspecified atom stereocenters. The van der Waals surface area contributed by atoms with E-state index in [2.05, 4.69) is 27.7 Å². The molecule has 0 spiro atoms. The molecule has 0 bridgehead atoms. The largest absolute Gasteiger partial charge is 0.410 e. The second kappa shape index (κ2) is 6.40. The van der Waals surface area contributed by atoms with Gasteiger partial charge in [0.1, 0.15) is 4.62 Å². The molecule has 80 valence electrons. The molecular weight excluding hydrogens is 254 g/mol. The first-order valence-corrected chi connectivity index (χ1v) is 5.62. The standard InChI is InChI=1S/C12H14BrNO/c1-2-3-9-11(12(13)14-15)10-7-5-4-6-8-10/h2,4-8,11,15H,1,3,9H2/b14-12+. The van der Waals surface area contributed by atoms with Crippen molar-refractivity contribution in [2.24, 2.45) is 5.16 Å². The van der Waals surface area contributed by atoms with Gasteiger partial charge in [0.25, 0.3) is 0 Å². The zero-order chi connectivity index (χ0) is 11.1. The predicted octanol–water partition coefficient (Wildman–Crippen LogP) is 3.92. The molecular formula is C12H14BrNO. The van der Waals surface area contributed by atoms with Gasteiger partial charge in [0.15, 0.2) is 0 Å². The van der Waals surface area contributed by atoms with Crippen molar-refractivity contribution in [2.45, 2.75) is 18.8 Å². The summed E-state index contributed by atoms with van der Waals surface area (Å²) in [5, 5.41) is 12.0. The molecule has 0 aliphatic heterocycles. The third kappa shape index (κ3) is 3.51. The quantitative estimate of drug-likeness (QED) is 0.373. The number of halogens is 1. The molecule has 1 N–H and O–H groups in total. The maximum atomic E-state index is 8.78. The smallest absolute Gasteiger partial charge is 0.129 e. The topological polar surface area (TPSA) is 32.6 Å². The van der Waals surface area contributed by atoms with Crippen molar-refractivity contribution in [3.05, 3.63) is 48.6 Å². The van der Waals surface area contributed by atoms with Crippen LogP contribution in [0.5, 0.6) is 0 Å². The molecule has 1 aromatic carbocycles. The highest BCUT2D eigenvalue weighted by molar-refractivity contribution is 9.18. The number of hydrogen-bond donors (Lipinski definition) is 1. The van der Waals surface area contributed by atoms with Crippen LogP contribution in [0.4, 0.5) is 0 Å². The molecule has 1 aromatic rings. The predicted molar refractivity (Wildman–Crippen MR) is 66.8 cm³/mol. The van der Waals surface area contributed by atoms with Crippen LogP contribution in [0.3, 0.4) is 0 Å². The maximum Gasteiger partial charge on any atom is 0.129 e. The summed E-state index contributed by atoms with van der Waals surface area (Å²) < 4.78 is 0.565. The van der Waals surface area contributed by atoms with E-state index >= 15 is 0 Å². The number of nitrogens with zero attached hydrogens (tertiary/aromatic N) is 1. The SMILES string of the molecule is C=CCCC(/C(Br)=N\O)c1ccccc1. The Kier molecular flexibility index (Phi) is 5.12. The van der Waals surface area contributed by atoms with E-state index in [9.17, 15) is 0 Å². The molecule has 0 amide bonds. The average molecular weight is 268 g/mol. The molecule has 0 radical (unpaired) electrons. The number of rotatable bonds is 5. The van der Waals surface area contributed by atoms with E-state index in [-0.39, 0.29) is 5.92 Å². The van der Waals surface area contributed by atoms with Gasteiger partial charge in [-0.3, -0.25) is 0 Å². The zero-order valence-electron chi connectivity index (χ0n) is 8.44.